The number of rotatable bonds is 5. The molecule has 2 fully saturated rings. The molecule has 1 aromatic carbocycles. The van der Waals surface area contributed by atoms with E-state index in [-0.39, 0.29) is 17.9 Å². The maximum absolute atomic E-state index is 13.1. The average Bonchev–Trinajstić information content (AvgIpc) is 3.28. The Balaban J connectivity index is 1.67. The molecular formula is C25H33N3O3. The van der Waals surface area contributed by atoms with Crippen molar-refractivity contribution in [3.8, 4) is 6.07 Å². The van der Waals surface area contributed by atoms with Crippen LogP contribution in [0.15, 0.2) is 29.8 Å². The van der Waals surface area contributed by atoms with Gasteiger partial charge in [0.1, 0.15) is 17.7 Å². The van der Waals surface area contributed by atoms with Crippen molar-refractivity contribution in [2.75, 3.05) is 0 Å². The molecule has 4 atom stereocenters. The summed E-state index contributed by atoms with van der Waals surface area (Å²) >= 11 is 0. The van der Waals surface area contributed by atoms with Crippen molar-refractivity contribution in [2.24, 2.45) is 5.92 Å². The molecule has 0 radical (unpaired) electrons. The summed E-state index contributed by atoms with van der Waals surface area (Å²) in [6.07, 6.45) is 4.71. The first-order chi connectivity index (χ1) is 14.6. The molecule has 1 aliphatic carbocycles. The minimum absolute atomic E-state index is 0.0405. The second-order valence-corrected chi connectivity index (χ2v) is 9.92. The monoisotopic (exact) mass is 423 g/mol. The van der Waals surface area contributed by atoms with E-state index < -0.39 is 23.8 Å². The summed E-state index contributed by atoms with van der Waals surface area (Å²) in [5, 5.41) is 12.5. The van der Waals surface area contributed by atoms with Gasteiger partial charge in [-0.3, -0.25) is 9.69 Å². The van der Waals surface area contributed by atoms with E-state index in [1.165, 1.54) is 5.57 Å². The minimum Gasteiger partial charge on any atom is -0.444 e. The van der Waals surface area contributed by atoms with Crippen LogP contribution in [0.2, 0.25) is 0 Å². The maximum atomic E-state index is 13.1. The quantitative estimate of drug-likeness (QED) is 0.759. The number of benzene rings is 1. The van der Waals surface area contributed by atoms with Crippen molar-refractivity contribution in [3.05, 3.63) is 41.0 Å². The smallest absolute Gasteiger partial charge is 0.411 e. The maximum Gasteiger partial charge on any atom is 0.411 e. The zero-order valence-electron chi connectivity index (χ0n) is 19.1. The summed E-state index contributed by atoms with van der Waals surface area (Å²) in [5.41, 5.74) is 2.69. The Hall–Kier alpha value is -2.81. The fourth-order valence-corrected chi connectivity index (χ4v) is 4.61. The van der Waals surface area contributed by atoms with Crippen LogP contribution in [0.1, 0.15) is 65.0 Å². The average molecular weight is 424 g/mol. The Bertz CT molecular complexity index is 888. The van der Waals surface area contributed by atoms with Gasteiger partial charge in [-0.15, -0.1) is 0 Å². The molecule has 2 bridgehead atoms. The fraction of sp³-hybridized carbons (Fsp3) is 0.560. The number of nitrogens with zero attached hydrogens (tertiary/aromatic N) is 2. The Morgan fingerprint density at radius 2 is 1.94 bits per heavy atom. The number of likely N-dealkylation sites (tertiary alicyclic amines) is 1. The number of hydrogen-bond donors (Lipinski definition) is 1. The first-order valence-corrected chi connectivity index (χ1v) is 11.0. The van der Waals surface area contributed by atoms with E-state index in [1.54, 1.807) is 4.90 Å². The lowest BCUT2D eigenvalue weighted by atomic mass is 9.97. The molecule has 0 spiro atoms. The third kappa shape index (κ3) is 5.66. The van der Waals surface area contributed by atoms with E-state index in [2.05, 4.69) is 17.5 Å². The van der Waals surface area contributed by atoms with E-state index in [0.29, 0.717) is 6.42 Å². The lowest BCUT2D eigenvalue weighted by molar-refractivity contribution is -0.128. The van der Waals surface area contributed by atoms with Crippen molar-refractivity contribution in [1.29, 1.82) is 5.26 Å². The van der Waals surface area contributed by atoms with Crippen LogP contribution < -0.4 is 5.32 Å². The SMILES string of the molecule is CC(C)=Cc1ccc(C[C@@H](C#N)NC(=O)[C@@H]2[C@H]3CCC(C3)N2C(=O)OC(C)(C)C)cc1. The molecule has 1 aromatic rings. The van der Waals surface area contributed by atoms with Gasteiger partial charge in [-0.25, -0.2) is 4.79 Å². The Labute approximate surface area is 185 Å². The molecule has 1 heterocycles. The van der Waals surface area contributed by atoms with Crippen LogP contribution in [0.3, 0.4) is 0 Å². The molecule has 166 valence electrons. The molecule has 2 amide bonds. The molecule has 2 aliphatic rings. The first kappa shape index (κ1) is 22.9. The summed E-state index contributed by atoms with van der Waals surface area (Å²) in [7, 11) is 0. The highest BCUT2D eigenvalue weighted by atomic mass is 16.6. The number of fused-ring (bicyclic) bond motifs is 2. The zero-order chi connectivity index (χ0) is 22.8. The molecule has 0 aromatic heterocycles. The van der Waals surface area contributed by atoms with Crippen LogP contribution in [-0.2, 0) is 16.0 Å². The standard InChI is InChI=1S/C25H33N3O3/c1-16(2)12-17-6-8-18(9-7-17)13-20(15-26)27-23(29)22-19-10-11-21(14-19)28(22)24(30)31-25(3,4)5/h6-9,12,19-22H,10-11,13-14H2,1-5H3,(H,27,29)/t19-,20-,21?,22-/m0/s1. The third-order valence-corrected chi connectivity index (χ3v) is 5.81. The van der Waals surface area contributed by atoms with Crippen LogP contribution >= 0.6 is 0 Å². The van der Waals surface area contributed by atoms with Gasteiger partial charge in [-0.2, -0.15) is 5.26 Å². The van der Waals surface area contributed by atoms with E-state index in [1.807, 2.05) is 58.9 Å². The summed E-state index contributed by atoms with van der Waals surface area (Å²) in [5.74, 6) is -0.133. The van der Waals surface area contributed by atoms with Gasteiger partial charge in [0.15, 0.2) is 0 Å². The molecule has 1 aliphatic heterocycles. The number of carbonyl (C=O) groups excluding carboxylic acids is 2. The fourth-order valence-electron chi connectivity index (χ4n) is 4.61. The number of hydrogen-bond acceptors (Lipinski definition) is 4. The highest BCUT2D eigenvalue weighted by Gasteiger charge is 2.52. The van der Waals surface area contributed by atoms with Crippen molar-refractivity contribution >= 4 is 18.1 Å². The van der Waals surface area contributed by atoms with E-state index in [9.17, 15) is 14.9 Å². The third-order valence-electron chi connectivity index (χ3n) is 5.81. The number of nitriles is 1. The number of ether oxygens (including phenoxy) is 1. The van der Waals surface area contributed by atoms with Crippen molar-refractivity contribution < 1.29 is 14.3 Å². The topological polar surface area (TPSA) is 82.4 Å². The second kappa shape index (κ2) is 9.13. The highest BCUT2D eigenvalue weighted by molar-refractivity contribution is 5.87. The van der Waals surface area contributed by atoms with Gasteiger partial charge >= 0.3 is 6.09 Å². The molecule has 1 saturated heterocycles. The van der Waals surface area contributed by atoms with Crippen molar-refractivity contribution in [1.82, 2.24) is 10.2 Å². The molecule has 31 heavy (non-hydrogen) atoms. The molecule has 1 saturated carbocycles. The lowest BCUT2D eigenvalue weighted by Crippen LogP contribution is -2.55. The highest BCUT2D eigenvalue weighted by Crippen LogP contribution is 2.43. The number of allylic oxidation sites excluding steroid dienone is 1. The van der Waals surface area contributed by atoms with E-state index >= 15 is 0 Å². The molecule has 3 rings (SSSR count). The van der Waals surface area contributed by atoms with Crippen molar-refractivity contribution in [3.63, 3.8) is 0 Å². The van der Waals surface area contributed by atoms with Crippen LogP contribution in [-0.4, -0.2) is 40.6 Å². The van der Waals surface area contributed by atoms with E-state index in [4.69, 9.17) is 4.74 Å². The number of amides is 2. The van der Waals surface area contributed by atoms with Gasteiger partial charge in [-0.05, 0) is 70.9 Å². The lowest BCUT2D eigenvalue weighted by Gasteiger charge is -2.35. The Morgan fingerprint density at radius 1 is 1.26 bits per heavy atom. The molecule has 6 nitrogen and oxygen atoms in total. The van der Waals surface area contributed by atoms with Crippen LogP contribution in [0.25, 0.3) is 6.08 Å². The summed E-state index contributed by atoms with van der Waals surface area (Å²) in [4.78, 5) is 27.5. The summed E-state index contributed by atoms with van der Waals surface area (Å²) < 4.78 is 5.56. The Kier molecular flexibility index (Phi) is 6.74. The van der Waals surface area contributed by atoms with Crippen LogP contribution in [0, 0.1) is 17.2 Å². The number of nitrogens with one attached hydrogen (secondary N) is 1. The number of piperidine rings is 1. The molecule has 6 heteroatoms. The van der Waals surface area contributed by atoms with Gasteiger partial charge < -0.3 is 10.1 Å². The minimum atomic E-state index is -0.651. The second-order valence-electron chi connectivity index (χ2n) is 9.92. The van der Waals surface area contributed by atoms with Crippen LogP contribution in [0.5, 0.6) is 0 Å². The molecule has 1 unspecified atom stereocenters. The Morgan fingerprint density at radius 3 is 2.52 bits per heavy atom. The van der Waals surface area contributed by atoms with Gasteiger partial charge in [0.25, 0.3) is 0 Å². The summed E-state index contributed by atoms with van der Waals surface area (Å²) in [6.45, 7) is 9.56. The first-order valence-electron chi connectivity index (χ1n) is 11.0. The predicted octanol–water partition coefficient (Wildman–Crippen LogP) is 4.45. The zero-order valence-corrected chi connectivity index (χ0v) is 19.1. The largest absolute Gasteiger partial charge is 0.444 e. The van der Waals surface area contributed by atoms with E-state index in [0.717, 1.165) is 30.4 Å². The van der Waals surface area contributed by atoms with Crippen molar-refractivity contribution in [2.45, 2.75) is 84.0 Å². The van der Waals surface area contributed by atoms with Gasteiger partial charge in [0, 0.05) is 12.5 Å². The predicted molar refractivity (Wildman–Crippen MR) is 120 cm³/mol. The normalized spacial score (nSPS) is 23.1. The molecular weight excluding hydrogens is 390 g/mol. The van der Waals surface area contributed by atoms with Crippen LogP contribution in [0.4, 0.5) is 4.79 Å². The van der Waals surface area contributed by atoms with Gasteiger partial charge in [0.2, 0.25) is 5.91 Å². The summed E-state index contributed by atoms with van der Waals surface area (Å²) in [6, 6.07) is 9.01. The number of carbonyl (C=O) groups is 2. The molecule has 1 N–H and O–H groups in total. The van der Waals surface area contributed by atoms with Gasteiger partial charge in [-0.1, -0.05) is 35.9 Å². The van der Waals surface area contributed by atoms with Gasteiger partial charge in [0.05, 0.1) is 6.07 Å².